The number of aryl methyl sites for hydroxylation is 2. The Labute approximate surface area is 105 Å². The van der Waals surface area contributed by atoms with Crippen LogP contribution in [0.25, 0.3) is 0 Å². The lowest BCUT2D eigenvalue weighted by Gasteiger charge is -2.16. The van der Waals surface area contributed by atoms with Gasteiger partial charge in [-0.05, 0) is 74.9 Å². The maximum absolute atomic E-state index is 5.60. The highest BCUT2D eigenvalue weighted by Gasteiger charge is 2.09. The molecule has 0 heterocycles. The number of benzene rings is 1. The van der Waals surface area contributed by atoms with Crippen LogP contribution in [0.5, 0.6) is 5.75 Å². The first kappa shape index (κ1) is 14.0. The summed E-state index contributed by atoms with van der Waals surface area (Å²) in [5, 5.41) is 0. The van der Waals surface area contributed by atoms with Crippen molar-refractivity contribution in [3.63, 3.8) is 0 Å². The van der Waals surface area contributed by atoms with E-state index in [4.69, 9.17) is 10.5 Å². The van der Waals surface area contributed by atoms with Crippen molar-refractivity contribution in [3.8, 4) is 5.75 Å². The van der Waals surface area contributed by atoms with Crippen LogP contribution >= 0.6 is 0 Å². The largest absolute Gasteiger partial charge is 0.494 e. The van der Waals surface area contributed by atoms with Gasteiger partial charge in [-0.3, -0.25) is 0 Å². The van der Waals surface area contributed by atoms with Crippen molar-refractivity contribution >= 4 is 0 Å². The summed E-state index contributed by atoms with van der Waals surface area (Å²) in [5.74, 6) is 1.63. The van der Waals surface area contributed by atoms with E-state index in [9.17, 15) is 0 Å². The second-order valence-electron chi connectivity index (χ2n) is 4.86. The molecule has 0 aliphatic heterocycles. The van der Waals surface area contributed by atoms with E-state index >= 15 is 0 Å². The fraction of sp³-hybridized carbons (Fsp3) is 0.600. The number of hydrogen-bond donors (Lipinski definition) is 1. The average Bonchev–Trinajstić information content (AvgIpc) is 2.24. The molecule has 0 aromatic heterocycles. The third-order valence-corrected chi connectivity index (χ3v) is 3.19. The molecule has 0 saturated heterocycles. The van der Waals surface area contributed by atoms with Crippen LogP contribution in [0.2, 0.25) is 0 Å². The van der Waals surface area contributed by atoms with Gasteiger partial charge in [-0.25, -0.2) is 0 Å². The Kier molecular flexibility index (Phi) is 5.49. The molecule has 2 nitrogen and oxygen atoms in total. The summed E-state index contributed by atoms with van der Waals surface area (Å²) < 4.78 is 5.55. The Morgan fingerprint density at radius 3 is 2.29 bits per heavy atom. The van der Waals surface area contributed by atoms with Gasteiger partial charge in [0.05, 0.1) is 6.61 Å². The Bertz CT molecular complexity index is 337. The topological polar surface area (TPSA) is 35.2 Å². The van der Waals surface area contributed by atoms with Gasteiger partial charge in [0.15, 0.2) is 0 Å². The zero-order valence-electron chi connectivity index (χ0n) is 11.5. The van der Waals surface area contributed by atoms with E-state index in [-0.39, 0.29) is 0 Å². The minimum absolute atomic E-state index is 0.648. The number of ether oxygens (including phenoxy) is 1. The second kappa shape index (κ2) is 6.65. The minimum Gasteiger partial charge on any atom is -0.494 e. The summed E-state index contributed by atoms with van der Waals surface area (Å²) in [6.07, 6.45) is 2.20. The molecule has 1 atom stereocenters. The molecule has 0 aliphatic carbocycles. The molecule has 96 valence electrons. The van der Waals surface area contributed by atoms with Gasteiger partial charge in [0.1, 0.15) is 5.75 Å². The molecule has 0 spiro atoms. The van der Waals surface area contributed by atoms with Gasteiger partial charge < -0.3 is 10.5 Å². The van der Waals surface area contributed by atoms with E-state index in [1.807, 2.05) is 6.92 Å². The molecule has 2 heteroatoms. The molecule has 0 bridgehead atoms. The first-order chi connectivity index (χ1) is 8.08. The summed E-state index contributed by atoms with van der Waals surface area (Å²) in [7, 11) is 0. The summed E-state index contributed by atoms with van der Waals surface area (Å²) >= 11 is 0. The van der Waals surface area contributed by atoms with E-state index in [2.05, 4.69) is 32.9 Å². The lowest BCUT2D eigenvalue weighted by Crippen LogP contribution is -2.10. The number of hydrogen-bond acceptors (Lipinski definition) is 2. The fourth-order valence-corrected chi connectivity index (χ4v) is 2.26. The SMILES string of the molecule is CCOc1cc(C)c(CC(C)CCN)c(C)c1. The molecule has 0 radical (unpaired) electrons. The van der Waals surface area contributed by atoms with Gasteiger partial charge in [0.2, 0.25) is 0 Å². The first-order valence-corrected chi connectivity index (χ1v) is 6.51. The van der Waals surface area contributed by atoms with E-state index in [0.29, 0.717) is 5.92 Å². The molecule has 17 heavy (non-hydrogen) atoms. The second-order valence-corrected chi connectivity index (χ2v) is 4.86. The van der Waals surface area contributed by atoms with Crippen LogP contribution in [0.15, 0.2) is 12.1 Å². The first-order valence-electron chi connectivity index (χ1n) is 6.51. The maximum atomic E-state index is 5.60. The van der Waals surface area contributed by atoms with Gasteiger partial charge in [-0.15, -0.1) is 0 Å². The van der Waals surface area contributed by atoms with Crippen LogP contribution < -0.4 is 10.5 Å². The standard InChI is InChI=1S/C15H25NO/c1-5-17-14-9-12(3)15(13(4)10-14)8-11(2)6-7-16/h9-11H,5-8,16H2,1-4H3. The van der Waals surface area contributed by atoms with Crippen LogP contribution in [0.1, 0.15) is 37.0 Å². The van der Waals surface area contributed by atoms with Gasteiger partial charge in [-0.2, -0.15) is 0 Å². The smallest absolute Gasteiger partial charge is 0.119 e. The van der Waals surface area contributed by atoms with Crippen molar-refractivity contribution in [2.24, 2.45) is 11.7 Å². The molecule has 0 aliphatic rings. The molecule has 0 fully saturated rings. The quantitative estimate of drug-likeness (QED) is 0.821. The highest BCUT2D eigenvalue weighted by Crippen LogP contribution is 2.24. The van der Waals surface area contributed by atoms with E-state index in [0.717, 1.165) is 31.7 Å². The molecular weight excluding hydrogens is 210 g/mol. The monoisotopic (exact) mass is 235 g/mol. The normalized spacial score (nSPS) is 12.5. The zero-order valence-corrected chi connectivity index (χ0v) is 11.5. The van der Waals surface area contributed by atoms with E-state index in [1.54, 1.807) is 0 Å². The van der Waals surface area contributed by atoms with Crippen molar-refractivity contribution < 1.29 is 4.74 Å². The van der Waals surface area contributed by atoms with Crippen LogP contribution in [-0.2, 0) is 6.42 Å². The zero-order chi connectivity index (χ0) is 12.8. The highest BCUT2D eigenvalue weighted by molar-refractivity contribution is 5.41. The van der Waals surface area contributed by atoms with Crippen molar-refractivity contribution in [3.05, 3.63) is 28.8 Å². The third-order valence-electron chi connectivity index (χ3n) is 3.19. The molecule has 1 aromatic carbocycles. The van der Waals surface area contributed by atoms with Crippen molar-refractivity contribution in [1.29, 1.82) is 0 Å². The van der Waals surface area contributed by atoms with Crippen molar-refractivity contribution in [1.82, 2.24) is 0 Å². The summed E-state index contributed by atoms with van der Waals surface area (Å²) in [5.41, 5.74) is 9.72. The molecule has 1 rings (SSSR count). The molecule has 1 unspecified atom stereocenters. The Morgan fingerprint density at radius 1 is 1.24 bits per heavy atom. The van der Waals surface area contributed by atoms with Gasteiger partial charge in [0, 0.05) is 0 Å². The van der Waals surface area contributed by atoms with Crippen LogP contribution in [-0.4, -0.2) is 13.2 Å². The maximum Gasteiger partial charge on any atom is 0.119 e. The highest BCUT2D eigenvalue weighted by atomic mass is 16.5. The van der Waals surface area contributed by atoms with Gasteiger partial charge in [0.25, 0.3) is 0 Å². The van der Waals surface area contributed by atoms with Crippen LogP contribution in [0, 0.1) is 19.8 Å². The van der Waals surface area contributed by atoms with Crippen LogP contribution in [0.4, 0.5) is 0 Å². The molecule has 2 N–H and O–H groups in total. The molecule has 0 saturated carbocycles. The predicted molar refractivity (Wildman–Crippen MR) is 73.6 cm³/mol. The summed E-state index contributed by atoms with van der Waals surface area (Å²) in [6.45, 7) is 10.1. The van der Waals surface area contributed by atoms with Crippen molar-refractivity contribution in [2.75, 3.05) is 13.2 Å². The summed E-state index contributed by atoms with van der Waals surface area (Å²) in [6, 6.07) is 4.28. The number of nitrogens with two attached hydrogens (primary N) is 1. The molecule has 1 aromatic rings. The molecular formula is C15H25NO. The lowest BCUT2D eigenvalue weighted by atomic mass is 9.92. The number of rotatable bonds is 6. The Hall–Kier alpha value is -1.02. The van der Waals surface area contributed by atoms with Gasteiger partial charge in [-0.1, -0.05) is 6.92 Å². The van der Waals surface area contributed by atoms with E-state index in [1.165, 1.54) is 16.7 Å². The predicted octanol–water partition coefficient (Wildman–Crippen LogP) is 3.23. The third kappa shape index (κ3) is 4.04. The fourth-order valence-electron chi connectivity index (χ4n) is 2.26. The lowest BCUT2D eigenvalue weighted by molar-refractivity contribution is 0.339. The summed E-state index contributed by atoms with van der Waals surface area (Å²) in [4.78, 5) is 0. The average molecular weight is 235 g/mol. The minimum atomic E-state index is 0.648. The van der Waals surface area contributed by atoms with Gasteiger partial charge >= 0.3 is 0 Å². The Balaban J connectivity index is 2.85. The van der Waals surface area contributed by atoms with Crippen LogP contribution in [0.3, 0.4) is 0 Å². The van der Waals surface area contributed by atoms with Crippen molar-refractivity contribution in [2.45, 2.75) is 40.5 Å². The molecule has 0 amide bonds. The van der Waals surface area contributed by atoms with E-state index < -0.39 is 0 Å². The Morgan fingerprint density at radius 2 is 1.82 bits per heavy atom.